The number of pyridine rings is 1. The summed E-state index contributed by atoms with van der Waals surface area (Å²) in [5, 5.41) is 0. The third-order valence-electron chi connectivity index (χ3n) is 1.72. The molecule has 0 aliphatic carbocycles. The lowest BCUT2D eigenvalue weighted by Gasteiger charge is -2.04. The summed E-state index contributed by atoms with van der Waals surface area (Å²) in [5.74, 6) is 0.847. The summed E-state index contributed by atoms with van der Waals surface area (Å²) in [4.78, 5) is 4.07. The normalized spacial score (nSPS) is 10.0. The molecule has 0 amide bonds. The molecule has 0 unspecified atom stereocenters. The van der Waals surface area contributed by atoms with Gasteiger partial charge < -0.3 is 4.74 Å². The second kappa shape index (κ2) is 5.97. The zero-order valence-electron chi connectivity index (χ0n) is 7.79. The summed E-state index contributed by atoms with van der Waals surface area (Å²) in [5.41, 5.74) is 0. The molecule has 0 aliphatic heterocycles. The van der Waals surface area contributed by atoms with Crippen LogP contribution in [0.25, 0.3) is 0 Å². The fraction of sp³-hybridized carbons (Fsp3) is 0.500. The van der Waals surface area contributed by atoms with Crippen molar-refractivity contribution in [2.75, 3.05) is 6.61 Å². The molecule has 0 bridgehead atoms. The minimum atomic E-state index is 0.789. The summed E-state index contributed by atoms with van der Waals surface area (Å²) < 4.78 is 6.32. The van der Waals surface area contributed by atoms with Crippen molar-refractivity contribution in [3.05, 3.63) is 22.9 Å². The molecule has 0 fully saturated rings. The van der Waals surface area contributed by atoms with Gasteiger partial charge in [-0.3, -0.25) is 0 Å². The first kappa shape index (κ1) is 10.5. The van der Waals surface area contributed by atoms with Crippen LogP contribution in [0.5, 0.6) is 5.75 Å². The number of hydrogen-bond donors (Lipinski definition) is 0. The molecule has 72 valence electrons. The zero-order chi connectivity index (χ0) is 9.52. The zero-order valence-corrected chi connectivity index (χ0v) is 9.38. The maximum atomic E-state index is 5.48. The summed E-state index contributed by atoms with van der Waals surface area (Å²) in [6.45, 7) is 2.97. The molecule has 1 heterocycles. The van der Waals surface area contributed by atoms with Crippen molar-refractivity contribution in [2.45, 2.75) is 26.2 Å². The number of nitrogens with zero attached hydrogens (tertiary/aromatic N) is 1. The Labute approximate surface area is 87.5 Å². The summed E-state index contributed by atoms with van der Waals surface area (Å²) in [7, 11) is 0. The van der Waals surface area contributed by atoms with Gasteiger partial charge in [-0.25, -0.2) is 4.98 Å². The van der Waals surface area contributed by atoms with Gasteiger partial charge in [0.25, 0.3) is 0 Å². The van der Waals surface area contributed by atoms with Crippen LogP contribution in [0.3, 0.4) is 0 Å². The highest BCUT2D eigenvalue weighted by Gasteiger charge is 1.93. The van der Waals surface area contributed by atoms with E-state index in [2.05, 4.69) is 27.8 Å². The number of unbranched alkanes of at least 4 members (excludes halogenated alkanes) is 2. The van der Waals surface area contributed by atoms with Gasteiger partial charge in [0.1, 0.15) is 10.4 Å². The van der Waals surface area contributed by atoms with Crippen molar-refractivity contribution in [2.24, 2.45) is 0 Å². The van der Waals surface area contributed by atoms with Gasteiger partial charge in [-0.05, 0) is 34.5 Å². The molecule has 1 aromatic rings. The first-order chi connectivity index (χ1) is 6.33. The van der Waals surface area contributed by atoms with Gasteiger partial charge in [0.05, 0.1) is 12.8 Å². The van der Waals surface area contributed by atoms with Crippen LogP contribution >= 0.6 is 15.9 Å². The molecule has 0 spiro atoms. The molecular formula is C10H14BrNO. The van der Waals surface area contributed by atoms with Crippen molar-refractivity contribution >= 4 is 15.9 Å². The maximum Gasteiger partial charge on any atom is 0.137 e. The summed E-state index contributed by atoms with van der Waals surface area (Å²) >= 11 is 3.27. The number of rotatable bonds is 5. The van der Waals surface area contributed by atoms with Crippen molar-refractivity contribution < 1.29 is 4.74 Å². The van der Waals surface area contributed by atoms with Crippen LogP contribution in [-0.2, 0) is 0 Å². The predicted molar refractivity (Wildman–Crippen MR) is 57.0 cm³/mol. The van der Waals surface area contributed by atoms with Gasteiger partial charge >= 0.3 is 0 Å². The number of aromatic nitrogens is 1. The van der Waals surface area contributed by atoms with E-state index in [1.54, 1.807) is 6.20 Å². The minimum Gasteiger partial charge on any atom is -0.492 e. The lowest BCUT2D eigenvalue weighted by Crippen LogP contribution is -1.97. The molecule has 3 heteroatoms. The Hall–Kier alpha value is -0.570. The maximum absolute atomic E-state index is 5.48. The third-order valence-corrected chi connectivity index (χ3v) is 2.19. The SMILES string of the molecule is CCCCCOc1ccc(Br)nc1. The molecule has 0 saturated carbocycles. The van der Waals surface area contributed by atoms with Crippen LogP contribution in [0.1, 0.15) is 26.2 Å². The molecule has 0 atom stereocenters. The van der Waals surface area contributed by atoms with Crippen LogP contribution in [0.2, 0.25) is 0 Å². The second-order valence-corrected chi connectivity index (χ2v) is 3.68. The van der Waals surface area contributed by atoms with Crippen molar-refractivity contribution in [1.29, 1.82) is 0 Å². The van der Waals surface area contributed by atoms with E-state index < -0.39 is 0 Å². The largest absolute Gasteiger partial charge is 0.492 e. The first-order valence-electron chi connectivity index (χ1n) is 4.57. The average Bonchev–Trinajstić information content (AvgIpc) is 2.15. The van der Waals surface area contributed by atoms with E-state index >= 15 is 0 Å². The average molecular weight is 244 g/mol. The van der Waals surface area contributed by atoms with Gasteiger partial charge in [0, 0.05) is 0 Å². The Morgan fingerprint density at radius 2 is 2.23 bits per heavy atom. The fourth-order valence-electron chi connectivity index (χ4n) is 0.990. The van der Waals surface area contributed by atoms with Gasteiger partial charge in [-0.1, -0.05) is 19.8 Å². The molecule has 1 rings (SSSR count). The number of halogens is 1. The van der Waals surface area contributed by atoms with Crippen LogP contribution < -0.4 is 4.74 Å². The smallest absolute Gasteiger partial charge is 0.137 e. The molecular weight excluding hydrogens is 230 g/mol. The van der Waals surface area contributed by atoms with E-state index in [1.807, 2.05) is 12.1 Å². The van der Waals surface area contributed by atoms with E-state index in [0.29, 0.717) is 0 Å². The van der Waals surface area contributed by atoms with E-state index in [1.165, 1.54) is 12.8 Å². The number of hydrogen-bond acceptors (Lipinski definition) is 2. The van der Waals surface area contributed by atoms with Crippen molar-refractivity contribution in [3.8, 4) is 5.75 Å². The van der Waals surface area contributed by atoms with Crippen LogP contribution in [-0.4, -0.2) is 11.6 Å². The summed E-state index contributed by atoms with van der Waals surface area (Å²) in [6, 6.07) is 3.80. The Balaban J connectivity index is 2.25. The highest BCUT2D eigenvalue weighted by atomic mass is 79.9. The highest BCUT2D eigenvalue weighted by molar-refractivity contribution is 9.10. The summed E-state index contributed by atoms with van der Waals surface area (Å²) in [6.07, 6.45) is 5.30. The van der Waals surface area contributed by atoms with Crippen LogP contribution in [0, 0.1) is 0 Å². The monoisotopic (exact) mass is 243 g/mol. The van der Waals surface area contributed by atoms with Crippen molar-refractivity contribution in [3.63, 3.8) is 0 Å². The Morgan fingerprint density at radius 1 is 1.38 bits per heavy atom. The van der Waals surface area contributed by atoms with Gasteiger partial charge in [-0.2, -0.15) is 0 Å². The van der Waals surface area contributed by atoms with Crippen LogP contribution in [0.4, 0.5) is 0 Å². The Bertz CT molecular complexity index is 235. The second-order valence-electron chi connectivity index (χ2n) is 2.87. The molecule has 2 nitrogen and oxygen atoms in total. The molecule has 13 heavy (non-hydrogen) atoms. The number of ether oxygens (including phenoxy) is 1. The van der Waals surface area contributed by atoms with Crippen LogP contribution in [0.15, 0.2) is 22.9 Å². The lowest BCUT2D eigenvalue weighted by atomic mass is 10.3. The van der Waals surface area contributed by atoms with E-state index in [0.717, 1.165) is 23.4 Å². The Kier molecular flexibility index (Phi) is 4.83. The molecule has 0 radical (unpaired) electrons. The standard InChI is InChI=1S/C10H14BrNO/c1-2-3-4-7-13-9-5-6-10(11)12-8-9/h5-6,8H,2-4,7H2,1H3. The molecule has 0 aromatic carbocycles. The van der Waals surface area contributed by atoms with E-state index in [4.69, 9.17) is 4.74 Å². The van der Waals surface area contributed by atoms with Gasteiger partial charge in [0.2, 0.25) is 0 Å². The molecule has 0 aliphatic rings. The first-order valence-corrected chi connectivity index (χ1v) is 5.36. The Morgan fingerprint density at radius 3 is 2.85 bits per heavy atom. The van der Waals surface area contributed by atoms with Crippen molar-refractivity contribution in [1.82, 2.24) is 4.98 Å². The topological polar surface area (TPSA) is 22.1 Å². The quantitative estimate of drug-likeness (QED) is 0.584. The fourth-order valence-corrected chi connectivity index (χ4v) is 1.22. The predicted octanol–water partition coefficient (Wildman–Crippen LogP) is 3.41. The molecule has 1 aromatic heterocycles. The van der Waals surface area contributed by atoms with E-state index in [9.17, 15) is 0 Å². The minimum absolute atomic E-state index is 0.789. The highest BCUT2D eigenvalue weighted by Crippen LogP contribution is 2.12. The molecule has 0 N–H and O–H groups in total. The lowest BCUT2D eigenvalue weighted by molar-refractivity contribution is 0.305. The van der Waals surface area contributed by atoms with Gasteiger partial charge in [-0.15, -0.1) is 0 Å². The van der Waals surface area contributed by atoms with Gasteiger partial charge in [0.15, 0.2) is 0 Å². The van der Waals surface area contributed by atoms with E-state index in [-0.39, 0.29) is 0 Å². The third kappa shape index (κ3) is 4.27. The molecule has 0 saturated heterocycles.